The number of aliphatic hydroxyl groups excluding tert-OH is 1. The van der Waals surface area contributed by atoms with Crippen molar-refractivity contribution >= 4 is 5.91 Å². The predicted octanol–water partition coefficient (Wildman–Crippen LogP) is 1.55. The van der Waals surface area contributed by atoms with Crippen molar-refractivity contribution in [1.29, 1.82) is 0 Å². The Bertz CT molecular complexity index is 832. The van der Waals surface area contributed by atoms with Gasteiger partial charge in [0.1, 0.15) is 11.3 Å². The van der Waals surface area contributed by atoms with Crippen LogP contribution in [-0.4, -0.2) is 52.4 Å². The van der Waals surface area contributed by atoms with Crippen LogP contribution >= 0.6 is 0 Å². The monoisotopic (exact) mass is 357 g/mol. The zero-order valence-electron chi connectivity index (χ0n) is 15.1. The Kier molecular flexibility index (Phi) is 4.40. The zero-order chi connectivity index (χ0) is 18.3. The predicted molar refractivity (Wildman–Crippen MR) is 93.2 cm³/mol. The molecule has 1 N–H and O–H groups in total. The molecule has 2 atom stereocenters. The molecule has 2 unspecified atom stereocenters. The summed E-state index contributed by atoms with van der Waals surface area (Å²) < 4.78 is 10.6. The molecular weight excluding hydrogens is 334 g/mol. The molecule has 2 aromatic heterocycles. The lowest BCUT2D eigenvalue weighted by Gasteiger charge is -2.18. The third-order valence-corrected chi connectivity index (χ3v) is 5.27. The molecule has 7 heteroatoms. The Labute approximate surface area is 152 Å². The molecule has 138 valence electrons. The summed E-state index contributed by atoms with van der Waals surface area (Å²) in [5, 5.41) is 14.3. The molecule has 0 spiro atoms. The van der Waals surface area contributed by atoms with Crippen LogP contribution in [0.4, 0.5) is 0 Å². The van der Waals surface area contributed by atoms with E-state index in [4.69, 9.17) is 9.26 Å². The van der Waals surface area contributed by atoms with Gasteiger partial charge >= 0.3 is 0 Å². The van der Waals surface area contributed by atoms with Crippen LogP contribution in [0, 0.1) is 12.8 Å². The van der Waals surface area contributed by atoms with E-state index < -0.39 is 6.10 Å². The van der Waals surface area contributed by atoms with Gasteiger partial charge in [-0.1, -0.05) is 5.16 Å². The number of ether oxygens (including phenoxy) is 1. The number of fused-ring (bicyclic) bond motifs is 1. The van der Waals surface area contributed by atoms with E-state index in [2.05, 4.69) is 10.1 Å². The summed E-state index contributed by atoms with van der Waals surface area (Å²) in [7, 11) is 1.54. The molecule has 7 nitrogen and oxygen atoms in total. The van der Waals surface area contributed by atoms with Gasteiger partial charge in [0.2, 0.25) is 5.88 Å². The first-order valence-corrected chi connectivity index (χ1v) is 9.01. The number of amides is 1. The number of aliphatic hydroxyl groups is 1. The van der Waals surface area contributed by atoms with Gasteiger partial charge in [-0.2, -0.15) is 0 Å². The Morgan fingerprint density at radius 1 is 1.38 bits per heavy atom. The maximum Gasteiger partial charge on any atom is 0.259 e. The van der Waals surface area contributed by atoms with Crippen molar-refractivity contribution < 1.29 is 19.2 Å². The highest BCUT2D eigenvalue weighted by atomic mass is 16.5. The topological polar surface area (TPSA) is 88.7 Å². The SMILES string of the molecule is COc1nc2c(cc1C(=O)N1CC(O)C(Cc3cc(C)no3)C1)CCC2. The minimum Gasteiger partial charge on any atom is -0.480 e. The summed E-state index contributed by atoms with van der Waals surface area (Å²) in [6.07, 6.45) is 2.91. The number of carbonyl (C=O) groups excluding carboxylic acids is 1. The second-order valence-corrected chi connectivity index (χ2v) is 7.18. The molecule has 4 rings (SSSR count). The first-order chi connectivity index (χ1) is 12.5. The largest absolute Gasteiger partial charge is 0.480 e. The first-order valence-electron chi connectivity index (χ1n) is 9.01. The van der Waals surface area contributed by atoms with E-state index in [0.717, 1.165) is 42.0 Å². The highest BCUT2D eigenvalue weighted by molar-refractivity contribution is 5.97. The molecule has 2 aromatic rings. The summed E-state index contributed by atoms with van der Waals surface area (Å²) in [4.78, 5) is 19.2. The van der Waals surface area contributed by atoms with Crippen molar-refractivity contribution in [2.75, 3.05) is 20.2 Å². The number of β-amino-alcohol motifs (C(OH)–C–C–N with tert-alkyl or cyclic N) is 1. The highest BCUT2D eigenvalue weighted by Gasteiger charge is 2.36. The van der Waals surface area contributed by atoms with Gasteiger partial charge < -0.3 is 19.3 Å². The van der Waals surface area contributed by atoms with E-state index in [9.17, 15) is 9.90 Å². The molecule has 1 aliphatic heterocycles. The van der Waals surface area contributed by atoms with Gasteiger partial charge in [-0.25, -0.2) is 4.98 Å². The molecule has 1 saturated heterocycles. The van der Waals surface area contributed by atoms with E-state index in [1.54, 1.807) is 4.90 Å². The lowest BCUT2D eigenvalue weighted by molar-refractivity contribution is 0.0760. The second kappa shape index (κ2) is 6.72. The molecule has 0 radical (unpaired) electrons. The standard InChI is InChI=1S/C19H23N3O4/c1-11-6-14(26-21-11)7-13-9-22(10-17(13)23)19(24)15-8-12-4-3-5-16(12)20-18(15)25-2/h6,8,13,17,23H,3-5,7,9-10H2,1-2H3. The molecule has 1 amide bonds. The molecule has 3 heterocycles. The number of pyridine rings is 1. The average Bonchev–Trinajstić information content (AvgIpc) is 3.34. The molecule has 2 aliphatic rings. The molecule has 1 fully saturated rings. The Hall–Kier alpha value is -2.41. The van der Waals surface area contributed by atoms with Crippen LogP contribution in [0.2, 0.25) is 0 Å². The van der Waals surface area contributed by atoms with Gasteiger partial charge in [0.25, 0.3) is 5.91 Å². The maximum atomic E-state index is 13.0. The second-order valence-electron chi connectivity index (χ2n) is 7.18. The quantitative estimate of drug-likeness (QED) is 0.893. The van der Waals surface area contributed by atoms with Gasteiger partial charge in [0.15, 0.2) is 0 Å². The van der Waals surface area contributed by atoms with Crippen LogP contribution in [0.5, 0.6) is 5.88 Å². The average molecular weight is 357 g/mol. The third kappa shape index (κ3) is 3.07. The number of rotatable bonds is 4. The number of hydrogen-bond acceptors (Lipinski definition) is 6. The van der Waals surface area contributed by atoms with Gasteiger partial charge in [0.05, 0.1) is 18.9 Å². The number of hydrogen-bond donors (Lipinski definition) is 1. The minimum atomic E-state index is -0.585. The van der Waals surface area contributed by atoms with Crippen LogP contribution < -0.4 is 4.74 Å². The van der Waals surface area contributed by atoms with Crippen LogP contribution in [0.15, 0.2) is 16.7 Å². The fraction of sp³-hybridized carbons (Fsp3) is 0.526. The van der Waals surface area contributed by atoms with Crippen molar-refractivity contribution in [2.24, 2.45) is 5.92 Å². The van der Waals surface area contributed by atoms with Crippen LogP contribution in [0.3, 0.4) is 0 Å². The summed E-state index contributed by atoms with van der Waals surface area (Å²) >= 11 is 0. The number of methoxy groups -OCH3 is 1. The van der Waals surface area contributed by atoms with E-state index in [0.29, 0.717) is 31.0 Å². The van der Waals surface area contributed by atoms with Crippen LogP contribution in [0.25, 0.3) is 0 Å². The Morgan fingerprint density at radius 2 is 2.23 bits per heavy atom. The third-order valence-electron chi connectivity index (χ3n) is 5.27. The maximum absolute atomic E-state index is 13.0. The minimum absolute atomic E-state index is 0.0697. The molecule has 1 aliphatic carbocycles. The lowest BCUT2D eigenvalue weighted by atomic mass is 10.0. The fourth-order valence-corrected chi connectivity index (χ4v) is 3.92. The number of carbonyl (C=O) groups is 1. The smallest absolute Gasteiger partial charge is 0.259 e. The van der Waals surface area contributed by atoms with Gasteiger partial charge in [0, 0.05) is 37.2 Å². The van der Waals surface area contributed by atoms with Crippen molar-refractivity contribution in [3.63, 3.8) is 0 Å². The van der Waals surface area contributed by atoms with E-state index in [1.807, 2.05) is 19.1 Å². The van der Waals surface area contributed by atoms with E-state index in [-0.39, 0.29) is 11.8 Å². The number of likely N-dealkylation sites (tertiary alicyclic amines) is 1. The van der Waals surface area contributed by atoms with Gasteiger partial charge in [-0.15, -0.1) is 0 Å². The van der Waals surface area contributed by atoms with Crippen LogP contribution in [-0.2, 0) is 19.3 Å². The first kappa shape index (κ1) is 17.0. The normalized spacial score (nSPS) is 21.9. The fourth-order valence-electron chi connectivity index (χ4n) is 3.92. The van der Waals surface area contributed by atoms with Crippen molar-refractivity contribution in [3.8, 4) is 5.88 Å². The summed E-state index contributed by atoms with van der Waals surface area (Å²) in [5.74, 6) is 0.899. The Morgan fingerprint density at radius 3 is 2.96 bits per heavy atom. The van der Waals surface area contributed by atoms with Crippen molar-refractivity contribution in [2.45, 2.75) is 38.7 Å². The molecule has 0 aromatic carbocycles. The van der Waals surface area contributed by atoms with Crippen molar-refractivity contribution in [1.82, 2.24) is 15.0 Å². The van der Waals surface area contributed by atoms with Gasteiger partial charge in [-0.05, 0) is 37.8 Å². The van der Waals surface area contributed by atoms with Crippen LogP contribution in [0.1, 0.15) is 39.5 Å². The lowest BCUT2D eigenvalue weighted by Crippen LogP contribution is -2.30. The summed E-state index contributed by atoms with van der Waals surface area (Å²) in [5.41, 5.74) is 3.45. The highest BCUT2D eigenvalue weighted by Crippen LogP contribution is 2.29. The van der Waals surface area contributed by atoms with Crippen molar-refractivity contribution in [3.05, 3.63) is 40.4 Å². The van der Waals surface area contributed by atoms with E-state index in [1.165, 1.54) is 7.11 Å². The molecule has 0 bridgehead atoms. The molecule has 26 heavy (non-hydrogen) atoms. The summed E-state index contributed by atoms with van der Waals surface area (Å²) in [6, 6.07) is 3.78. The summed E-state index contributed by atoms with van der Waals surface area (Å²) in [6.45, 7) is 2.64. The number of nitrogens with zero attached hydrogens (tertiary/aromatic N) is 3. The molecular formula is C19H23N3O4. The van der Waals surface area contributed by atoms with Gasteiger partial charge in [-0.3, -0.25) is 4.79 Å². The Balaban J connectivity index is 1.52. The molecule has 0 saturated carbocycles. The zero-order valence-corrected chi connectivity index (χ0v) is 15.1. The number of aryl methyl sites for hydroxylation is 3. The van der Waals surface area contributed by atoms with E-state index >= 15 is 0 Å². The number of aromatic nitrogens is 2.